The summed E-state index contributed by atoms with van der Waals surface area (Å²) in [5, 5.41) is 0. The van der Waals surface area contributed by atoms with Gasteiger partial charge in [0.05, 0.1) is 5.56 Å². The van der Waals surface area contributed by atoms with Gasteiger partial charge in [0, 0.05) is 35.9 Å². The van der Waals surface area contributed by atoms with Crippen molar-refractivity contribution in [1.29, 1.82) is 0 Å². The predicted molar refractivity (Wildman–Crippen MR) is 66.6 cm³/mol. The molecule has 0 radical (unpaired) electrons. The average Bonchev–Trinajstić information content (AvgIpc) is 2.77. The molecule has 0 unspecified atom stereocenters. The Morgan fingerprint density at radius 2 is 2.24 bits per heavy atom. The Morgan fingerprint density at radius 3 is 2.82 bits per heavy atom. The van der Waals surface area contributed by atoms with Crippen LogP contribution < -0.4 is 0 Å². The molecule has 1 atom stereocenters. The third kappa shape index (κ3) is 2.72. The van der Waals surface area contributed by atoms with Crippen LogP contribution in [0.2, 0.25) is 0 Å². The minimum absolute atomic E-state index is 0.000868. The second kappa shape index (κ2) is 4.96. The number of hydrogen-bond donors (Lipinski definition) is 0. The van der Waals surface area contributed by atoms with Gasteiger partial charge in [-0.25, -0.2) is 0 Å². The van der Waals surface area contributed by atoms with Gasteiger partial charge in [0.15, 0.2) is 0 Å². The molecule has 1 aromatic rings. The number of carbonyl (C=O) groups is 2. The molecule has 0 spiro atoms. The number of rotatable bonds is 2. The van der Waals surface area contributed by atoms with Crippen LogP contribution in [0.5, 0.6) is 0 Å². The molecular weight excluding hydrogens is 284 g/mol. The number of Topliss-reactive ketones (excluding diaryl/α,β-unsaturated/α-hetero) is 1. The maximum atomic E-state index is 12.1. The Labute approximate surface area is 108 Å². The highest BCUT2D eigenvalue weighted by atomic mass is 79.9. The molecule has 0 aromatic carbocycles. The van der Waals surface area contributed by atoms with Crippen molar-refractivity contribution in [2.75, 3.05) is 13.1 Å². The quantitative estimate of drug-likeness (QED) is 0.837. The van der Waals surface area contributed by atoms with Crippen molar-refractivity contribution in [1.82, 2.24) is 9.88 Å². The molecule has 5 heteroatoms. The van der Waals surface area contributed by atoms with E-state index in [1.165, 1.54) is 0 Å². The van der Waals surface area contributed by atoms with Gasteiger partial charge < -0.3 is 4.90 Å². The lowest BCUT2D eigenvalue weighted by molar-refractivity contribution is -0.120. The van der Waals surface area contributed by atoms with E-state index in [4.69, 9.17) is 0 Å². The molecule has 0 bridgehead atoms. The SMILES string of the molecule is CC(=O)[C@@H]1CCN(C(=O)c2cncc(Br)c2)C1. The zero-order valence-electron chi connectivity index (χ0n) is 9.52. The summed E-state index contributed by atoms with van der Waals surface area (Å²) in [5.41, 5.74) is 0.559. The zero-order valence-corrected chi connectivity index (χ0v) is 11.1. The van der Waals surface area contributed by atoms with Crippen LogP contribution in [0.15, 0.2) is 22.9 Å². The molecule has 2 rings (SSSR count). The molecule has 1 aliphatic rings. The van der Waals surface area contributed by atoms with Crippen molar-refractivity contribution in [3.05, 3.63) is 28.5 Å². The number of hydrogen-bond acceptors (Lipinski definition) is 3. The third-order valence-electron chi connectivity index (χ3n) is 3.00. The van der Waals surface area contributed by atoms with Crippen molar-refractivity contribution in [2.24, 2.45) is 5.92 Å². The number of likely N-dealkylation sites (tertiary alicyclic amines) is 1. The van der Waals surface area contributed by atoms with E-state index >= 15 is 0 Å². The smallest absolute Gasteiger partial charge is 0.255 e. The van der Waals surface area contributed by atoms with E-state index in [0.717, 1.165) is 10.9 Å². The fourth-order valence-corrected chi connectivity index (χ4v) is 2.35. The highest BCUT2D eigenvalue weighted by Gasteiger charge is 2.29. The van der Waals surface area contributed by atoms with E-state index in [0.29, 0.717) is 18.7 Å². The monoisotopic (exact) mass is 296 g/mol. The van der Waals surface area contributed by atoms with Crippen molar-refractivity contribution in [2.45, 2.75) is 13.3 Å². The van der Waals surface area contributed by atoms with E-state index in [1.54, 1.807) is 30.3 Å². The molecule has 0 aliphatic carbocycles. The first-order chi connectivity index (χ1) is 8.08. The summed E-state index contributed by atoms with van der Waals surface area (Å²) in [7, 11) is 0. The Balaban J connectivity index is 2.09. The molecule has 4 nitrogen and oxygen atoms in total. The molecule has 90 valence electrons. The topological polar surface area (TPSA) is 50.3 Å². The largest absolute Gasteiger partial charge is 0.338 e. The highest BCUT2D eigenvalue weighted by molar-refractivity contribution is 9.10. The number of pyridine rings is 1. The van der Waals surface area contributed by atoms with E-state index in [-0.39, 0.29) is 17.6 Å². The standard InChI is InChI=1S/C12H13BrN2O2/c1-8(16)9-2-3-15(7-9)12(17)10-4-11(13)6-14-5-10/h4-6,9H,2-3,7H2,1H3/t9-/m1/s1. The Hall–Kier alpha value is -1.23. The first-order valence-electron chi connectivity index (χ1n) is 5.48. The Bertz CT molecular complexity index is 462. The zero-order chi connectivity index (χ0) is 12.4. The Morgan fingerprint density at radius 1 is 1.47 bits per heavy atom. The maximum Gasteiger partial charge on any atom is 0.255 e. The number of amides is 1. The van der Waals surface area contributed by atoms with Gasteiger partial charge in [-0.3, -0.25) is 14.6 Å². The first-order valence-corrected chi connectivity index (χ1v) is 6.27. The number of carbonyl (C=O) groups excluding carboxylic acids is 2. The summed E-state index contributed by atoms with van der Waals surface area (Å²) in [6.45, 7) is 2.76. The molecule has 17 heavy (non-hydrogen) atoms. The summed E-state index contributed by atoms with van der Waals surface area (Å²) in [4.78, 5) is 29.1. The molecule has 1 aliphatic heterocycles. The molecule has 1 aromatic heterocycles. The van der Waals surface area contributed by atoms with Crippen LogP contribution in [0.1, 0.15) is 23.7 Å². The van der Waals surface area contributed by atoms with E-state index in [9.17, 15) is 9.59 Å². The van der Waals surface area contributed by atoms with Gasteiger partial charge >= 0.3 is 0 Å². The van der Waals surface area contributed by atoms with Gasteiger partial charge in [-0.1, -0.05) is 0 Å². The van der Waals surface area contributed by atoms with E-state index < -0.39 is 0 Å². The van der Waals surface area contributed by atoms with Crippen LogP contribution in [0.4, 0.5) is 0 Å². The van der Waals surface area contributed by atoms with Crippen molar-refractivity contribution in [3.8, 4) is 0 Å². The fourth-order valence-electron chi connectivity index (χ4n) is 1.99. The molecular formula is C12H13BrN2O2. The number of halogens is 1. The van der Waals surface area contributed by atoms with Crippen LogP contribution in [0, 0.1) is 5.92 Å². The summed E-state index contributed by atoms with van der Waals surface area (Å²) in [6, 6.07) is 1.75. The predicted octanol–water partition coefficient (Wildman–Crippen LogP) is 1.90. The van der Waals surface area contributed by atoms with Gasteiger partial charge in [0.25, 0.3) is 5.91 Å². The number of nitrogens with zero attached hydrogens (tertiary/aromatic N) is 2. The van der Waals surface area contributed by atoms with Gasteiger partial charge in [-0.05, 0) is 35.3 Å². The fraction of sp³-hybridized carbons (Fsp3) is 0.417. The van der Waals surface area contributed by atoms with Crippen molar-refractivity contribution in [3.63, 3.8) is 0 Å². The number of aromatic nitrogens is 1. The minimum Gasteiger partial charge on any atom is -0.338 e. The lowest BCUT2D eigenvalue weighted by Gasteiger charge is -2.15. The molecule has 1 fully saturated rings. The lowest BCUT2D eigenvalue weighted by Crippen LogP contribution is -2.29. The maximum absolute atomic E-state index is 12.1. The van der Waals surface area contributed by atoms with Crippen molar-refractivity contribution < 1.29 is 9.59 Å². The van der Waals surface area contributed by atoms with Gasteiger partial charge in [0.2, 0.25) is 0 Å². The minimum atomic E-state index is -0.0532. The van der Waals surface area contributed by atoms with Crippen LogP contribution in [0.25, 0.3) is 0 Å². The molecule has 0 saturated carbocycles. The van der Waals surface area contributed by atoms with Gasteiger partial charge in [0.1, 0.15) is 5.78 Å². The first kappa shape index (κ1) is 12.2. The second-order valence-electron chi connectivity index (χ2n) is 4.24. The van der Waals surface area contributed by atoms with Crippen LogP contribution in [-0.4, -0.2) is 34.7 Å². The summed E-state index contributed by atoms with van der Waals surface area (Å²) in [6.07, 6.45) is 3.95. The van der Waals surface area contributed by atoms with Crippen LogP contribution >= 0.6 is 15.9 Å². The van der Waals surface area contributed by atoms with Crippen LogP contribution in [-0.2, 0) is 4.79 Å². The van der Waals surface area contributed by atoms with Gasteiger partial charge in [-0.15, -0.1) is 0 Å². The van der Waals surface area contributed by atoms with Crippen LogP contribution in [0.3, 0.4) is 0 Å². The molecule has 0 N–H and O–H groups in total. The number of ketones is 1. The Kier molecular flexibility index (Phi) is 3.57. The summed E-state index contributed by atoms with van der Waals surface area (Å²) < 4.78 is 0.783. The summed E-state index contributed by atoms with van der Waals surface area (Å²) >= 11 is 3.29. The second-order valence-corrected chi connectivity index (χ2v) is 5.15. The normalized spacial score (nSPS) is 19.4. The van der Waals surface area contributed by atoms with E-state index in [2.05, 4.69) is 20.9 Å². The van der Waals surface area contributed by atoms with Crippen molar-refractivity contribution >= 4 is 27.6 Å². The lowest BCUT2D eigenvalue weighted by atomic mass is 10.1. The molecule has 1 saturated heterocycles. The third-order valence-corrected chi connectivity index (χ3v) is 3.44. The van der Waals surface area contributed by atoms with Gasteiger partial charge in [-0.2, -0.15) is 0 Å². The average molecular weight is 297 g/mol. The summed E-state index contributed by atoms with van der Waals surface area (Å²) in [5.74, 6) is 0.106. The molecule has 1 amide bonds. The van der Waals surface area contributed by atoms with E-state index in [1.807, 2.05) is 0 Å². The molecule has 2 heterocycles. The highest BCUT2D eigenvalue weighted by Crippen LogP contribution is 2.20.